The van der Waals surface area contributed by atoms with Crippen LogP contribution in [0.2, 0.25) is 0 Å². The molecule has 150 valence electrons. The molecular formula is C23H24N2O4. The summed E-state index contributed by atoms with van der Waals surface area (Å²) in [6.45, 7) is 4.22. The van der Waals surface area contributed by atoms with Crippen LogP contribution in [0.25, 0.3) is 10.9 Å². The molecule has 0 aliphatic carbocycles. The van der Waals surface area contributed by atoms with E-state index >= 15 is 0 Å². The zero-order valence-corrected chi connectivity index (χ0v) is 16.5. The number of carbonyl (C=O) groups excluding carboxylic acids is 2. The molecule has 3 aromatic rings. The number of aromatic nitrogens is 1. The van der Waals surface area contributed by atoms with Gasteiger partial charge in [0, 0.05) is 30.1 Å². The van der Waals surface area contributed by atoms with Crippen LogP contribution in [0.4, 0.5) is 0 Å². The van der Waals surface area contributed by atoms with Crippen molar-refractivity contribution in [3.8, 4) is 0 Å². The predicted octanol–water partition coefficient (Wildman–Crippen LogP) is 4.31. The number of benzene rings is 1. The number of aliphatic hydroxyl groups excluding tert-OH is 1. The van der Waals surface area contributed by atoms with Gasteiger partial charge in [0.2, 0.25) is 0 Å². The zero-order chi connectivity index (χ0) is 20.5. The highest BCUT2D eigenvalue weighted by atomic mass is 16.3. The van der Waals surface area contributed by atoms with Crippen molar-refractivity contribution in [1.82, 2.24) is 9.88 Å². The number of nitrogens with zero attached hydrogens (tertiary/aromatic N) is 1. The highest BCUT2D eigenvalue weighted by Crippen LogP contribution is 2.39. The number of rotatable bonds is 7. The summed E-state index contributed by atoms with van der Waals surface area (Å²) in [5, 5.41) is 11.6. The summed E-state index contributed by atoms with van der Waals surface area (Å²) >= 11 is 0. The normalized spacial score (nSPS) is 17.1. The van der Waals surface area contributed by atoms with Crippen LogP contribution in [-0.4, -0.2) is 33.2 Å². The van der Waals surface area contributed by atoms with E-state index in [2.05, 4.69) is 4.98 Å². The number of para-hydroxylation sites is 1. The van der Waals surface area contributed by atoms with Crippen LogP contribution in [0.1, 0.15) is 37.6 Å². The van der Waals surface area contributed by atoms with Gasteiger partial charge >= 0.3 is 0 Å². The number of hydrogen-bond acceptors (Lipinski definition) is 4. The van der Waals surface area contributed by atoms with E-state index in [1.54, 1.807) is 12.1 Å². The third-order valence-corrected chi connectivity index (χ3v) is 5.31. The maximum atomic E-state index is 12.9. The van der Waals surface area contributed by atoms with Crippen molar-refractivity contribution in [1.29, 1.82) is 0 Å². The lowest BCUT2D eigenvalue weighted by Gasteiger charge is -2.25. The molecule has 6 heteroatoms. The summed E-state index contributed by atoms with van der Waals surface area (Å²) in [5.74, 6) is -0.611. The van der Waals surface area contributed by atoms with Crippen LogP contribution in [0.3, 0.4) is 0 Å². The third kappa shape index (κ3) is 3.46. The van der Waals surface area contributed by atoms with E-state index in [1.807, 2.05) is 44.3 Å². The Morgan fingerprint density at radius 1 is 1.24 bits per heavy atom. The Bertz CT molecular complexity index is 1080. The molecule has 0 bridgehead atoms. The Morgan fingerprint density at radius 3 is 2.76 bits per heavy atom. The quantitative estimate of drug-likeness (QED) is 0.627. The van der Waals surface area contributed by atoms with Gasteiger partial charge in [0.1, 0.15) is 11.8 Å². The van der Waals surface area contributed by atoms with E-state index in [0.29, 0.717) is 18.7 Å². The SMILES string of the molecule is CC(C)CC(=O)C1=C(O)C(=O)N(CCc2c[nH]c3ccccc23)C1c1ccco1. The van der Waals surface area contributed by atoms with Crippen molar-refractivity contribution in [3.05, 3.63) is 71.5 Å². The van der Waals surface area contributed by atoms with Crippen molar-refractivity contribution in [2.24, 2.45) is 5.92 Å². The molecule has 0 fully saturated rings. The lowest BCUT2D eigenvalue weighted by molar-refractivity contribution is -0.129. The molecule has 0 radical (unpaired) electrons. The second-order valence-corrected chi connectivity index (χ2v) is 7.81. The Morgan fingerprint density at radius 2 is 2.03 bits per heavy atom. The highest BCUT2D eigenvalue weighted by Gasteiger charge is 2.44. The second kappa shape index (κ2) is 7.62. The summed E-state index contributed by atoms with van der Waals surface area (Å²) in [6.07, 6.45) is 4.30. The van der Waals surface area contributed by atoms with Crippen LogP contribution < -0.4 is 0 Å². The summed E-state index contributed by atoms with van der Waals surface area (Å²) in [5.41, 5.74) is 2.25. The second-order valence-electron chi connectivity index (χ2n) is 7.81. The van der Waals surface area contributed by atoms with Gasteiger partial charge in [0.15, 0.2) is 11.5 Å². The minimum atomic E-state index is -0.700. The van der Waals surface area contributed by atoms with E-state index in [1.165, 1.54) is 11.2 Å². The predicted molar refractivity (Wildman–Crippen MR) is 109 cm³/mol. The molecule has 1 atom stereocenters. The molecule has 0 saturated heterocycles. The molecule has 3 heterocycles. The summed E-state index contributed by atoms with van der Waals surface area (Å²) < 4.78 is 5.54. The Hall–Kier alpha value is -3.28. The Balaban J connectivity index is 1.63. The summed E-state index contributed by atoms with van der Waals surface area (Å²) in [7, 11) is 0. The topological polar surface area (TPSA) is 86.5 Å². The van der Waals surface area contributed by atoms with E-state index in [4.69, 9.17) is 4.42 Å². The Labute approximate surface area is 168 Å². The molecule has 1 aliphatic heterocycles. The third-order valence-electron chi connectivity index (χ3n) is 5.31. The molecule has 1 unspecified atom stereocenters. The largest absolute Gasteiger partial charge is 0.503 e. The van der Waals surface area contributed by atoms with Gasteiger partial charge in [-0.05, 0) is 36.1 Å². The molecule has 2 aromatic heterocycles. The van der Waals surface area contributed by atoms with E-state index in [0.717, 1.165) is 16.5 Å². The maximum Gasteiger partial charge on any atom is 0.290 e. The van der Waals surface area contributed by atoms with Gasteiger partial charge in [-0.25, -0.2) is 0 Å². The van der Waals surface area contributed by atoms with Crippen LogP contribution in [0.5, 0.6) is 0 Å². The number of aromatic amines is 1. The molecule has 6 nitrogen and oxygen atoms in total. The molecular weight excluding hydrogens is 368 g/mol. The first kappa shape index (κ1) is 19.1. The summed E-state index contributed by atoms with van der Waals surface area (Å²) in [6, 6.07) is 10.7. The molecule has 2 N–H and O–H groups in total. The van der Waals surface area contributed by atoms with Crippen LogP contribution >= 0.6 is 0 Å². The lowest BCUT2D eigenvalue weighted by Crippen LogP contribution is -2.33. The van der Waals surface area contributed by atoms with E-state index in [-0.39, 0.29) is 23.7 Å². The van der Waals surface area contributed by atoms with Gasteiger partial charge in [-0.2, -0.15) is 0 Å². The molecule has 29 heavy (non-hydrogen) atoms. The van der Waals surface area contributed by atoms with Gasteiger partial charge in [-0.3, -0.25) is 9.59 Å². The van der Waals surface area contributed by atoms with Crippen molar-refractivity contribution >= 4 is 22.6 Å². The number of Topliss-reactive ketones (excluding diaryl/α,β-unsaturated/α-hetero) is 1. The molecule has 1 amide bonds. The first-order valence-corrected chi connectivity index (χ1v) is 9.83. The van der Waals surface area contributed by atoms with Crippen molar-refractivity contribution in [3.63, 3.8) is 0 Å². The number of H-pyrrole nitrogens is 1. The fourth-order valence-electron chi connectivity index (χ4n) is 3.97. The monoisotopic (exact) mass is 392 g/mol. The van der Waals surface area contributed by atoms with Crippen molar-refractivity contribution < 1.29 is 19.1 Å². The van der Waals surface area contributed by atoms with E-state index < -0.39 is 17.7 Å². The van der Waals surface area contributed by atoms with Crippen LogP contribution in [-0.2, 0) is 16.0 Å². The number of furan rings is 1. The van der Waals surface area contributed by atoms with Gasteiger partial charge in [-0.1, -0.05) is 32.0 Å². The van der Waals surface area contributed by atoms with Gasteiger partial charge < -0.3 is 19.4 Å². The van der Waals surface area contributed by atoms with Crippen molar-refractivity contribution in [2.75, 3.05) is 6.54 Å². The molecule has 1 aromatic carbocycles. The minimum absolute atomic E-state index is 0.121. The number of carbonyl (C=O) groups is 2. The first-order chi connectivity index (χ1) is 14.0. The average Bonchev–Trinajstić information content (AvgIpc) is 3.40. The molecule has 1 aliphatic rings. The average molecular weight is 392 g/mol. The number of nitrogens with one attached hydrogen (secondary N) is 1. The number of fused-ring (bicyclic) bond motifs is 1. The summed E-state index contributed by atoms with van der Waals surface area (Å²) in [4.78, 5) is 30.4. The minimum Gasteiger partial charge on any atom is -0.503 e. The van der Waals surface area contributed by atoms with Crippen LogP contribution in [0.15, 0.2) is 64.6 Å². The smallest absolute Gasteiger partial charge is 0.290 e. The number of aliphatic hydroxyl groups is 1. The molecule has 4 rings (SSSR count). The zero-order valence-electron chi connectivity index (χ0n) is 16.5. The number of amides is 1. The fourth-order valence-corrected chi connectivity index (χ4v) is 3.97. The standard InChI is InChI=1S/C23H24N2O4/c1-14(2)12-18(26)20-21(19-8-5-11-29-19)25(23(28)22(20)27)10-9-15-13-24-17-7-4-3-6-16(15)17/h3-8,11,13-14,21,24,27H,9-10,12H2,1-2H3. The highest BCUT2D eigenvalue weighted by molar-refractivity contribution is 6.08. The number of ketones is 1. The number of hydrogen-bond donors (Lipinski definition) is 2. The molecule has 0 spiro atoms. The van der Waals surface area contributed by atoms with E-state index in [9.17, 15) is 14.7 Å². The molecule has 0 saturated carbocycles. The van der Waals surface area contributed by atoms with Gasteiger partial charge in [0.25, 0.3) is 5.91 Å². The maximum absolute atomic E-state index is 12.9. The first-order valence-electron chi connectivity index (χ1n) is 9.83. The van der Waals surface area contributed by atoms with Gasteiger partial charge in [-0.15, -0.1) is 0 Å². The van der Waals surface area contributed by atoms with Gasteiger partial charge in [0.05, 0.1) is 11.8 Å². The van der Waals surface area contributed by atoms with Crippen LogP contribution in [0, 0.1) is 5.92 Å². The van der Waals surface area contributed by atoms with Crippen molar-refractivity contribution in [2.45, 2.75) is 32.7 Å². The Kier molecular flexibility index (Phi) is 5.01. The lowest BCUT2D eigenvalue weighted by atomic mass is 9.95. The fraction of sp³-hybridized carbons (Fsp3) is 0.304.